The van der Waals surface area contributed by atoms with Crippen LogP contribution in [0.1, 0.15) is 393 Å². The zero-order valence-corrected chi connectivity index (χ0v) is 59.9. The molecule has 514 valence electrons. The van der Waals surface area contributed by atoms with Crippen LogP contribution in [0.5, 0.6) is 0 Å². The first kappa shape index (κ1) is 85.2. The van der Waals surface area contributed by atoms with Gasteiger partial charge < -0.3 is 28.5 Å². The van der Waals surface area contributed by atoms with Gasteiger partial charge in [0.25, 0.3) is 7.82 Å². The molecule has 10 heteroatoms. The van der Waals surface area contributed by atoms with E-state index in [4.69, 9.17) is 13.8 Å². The van der Waals surface area contributed by atoms with Gasteiger partial charge in [-0.2, -0.15) is 0 Å². The number of carbonyl (C=O) groups excluding carboxylic acids is 2. The summed E-state index contributed by atoms with van der Waals surface area (Å²) in [6, 6.07) is -0.884. The van der Waals surface area contributed by atoms with Crippen LogP contribution in [-0.4, -0.2) is 69.4 Å². The van der Waals surface area contributed by atoms with Gasteiger partial charge in [-0.15, -0.1) is 0 Å². The Hall–Kier alpha value is -1.77. The minimum atomic E-state index is -4.70. The Morgan fingerprint density at radius 1 is 0.402 bits per heavy atom. The van der Waals surface area contributed by atoms with Gasteiger partial charge in [-0.1, -0.05) is 353 Å². The molecule has 0 aromatic carbocycles. The summed E-state index contributed by atoms with van der Waals surface area (Å²) in [6.07, 6.45) is 84.3. The fourth-order valence-corrected chi connectivity index (χ4v) is 12.4. The van der Waals surface area contributed by atoms with Crippen LogP contribution in [0.3, 0.4) is 0 Å². The van der Waals surface area contributed by atoms with Gasteiger partial charge in [0.05, 0.1) is 33.8 Å². The van der Waals surface area contributed by atoms with E-state index < -0.39 is 20.0 Å². The third-order valence-electron chi connectivity index (χ3n) is 17.6. The highest BCUT2D eigenvalue weighted by molar-refractivity contribution is 7.45. The predicted molar refractivity (Wildman–Crippen MR) is 376 cm³/mol. The molecule has 3 unspecified atom stereocenters. The molecule has 0 spiro atoms. The number of allylic oxidation sites excluding steroid dienone is 5. The van der Waals surface area contributed by atoms with Crippen molar-refractivity contribution in [3.8, 4) is 0 Å². The van der Waals surface area contributed by atoms with Gasteiger partial charge in [0.15, 0.2) is 0 Å². The van der Waals surface area contributed by atoms with Crippen LogP contribution in [0.15, 0.2) is 36.5 Å². The number of hydrogen-bond acceptors (Lipinski definition) is 7. The summed E-state index contributed by atoms with van der Waals surface area (Å²) in [7, 11) is 1.21. The van der Waals surface area contributed by atoms with Crippen molar-refractivity contribution in [1.82, 2.24) is 5.32 Å². The number of rotatable bonds is 71. The maximum atomic E-state index is 13.6. The lowest BCUT2D eigenvalue weighted by atomic mass is 10.0. The number of esters is 1. The highest BCUT2D eigenvalue weighted by Crippen LogP contribution is 2.38. The summed E-state index contributed by atoms with van der Waals surface area (Å²) in [6.45, 7) is 6.89. The normalized spacial score (nSPS) is 13.6. The van der Waals surface area contributed by atoms with Crippen LogP contribution in [0.25, 0.3) is 0 Å². The number of ether oxygens (including phenoxy) is 1. The first-order valence-corrected chi connectivity index (χ1v) is 39.8. The lowest BCUT2D eigenvalue weighted by Gasteiger charge is -2.30. The molecule has 0 radical (unpaired) electrons. The summed E-state index contributed by atoms with van der Waals surface area (Å²) in [5.74, 6) is -0.517. The van der Waals surface area contributed by atoms with Crippen LogP contribution >= 0.6 is 7.82 Å². The SMILES string of the molecule is CCCCC/C=C\C/C=C\CCCCCCCCCCCCCCCCCCCC(=O)NC(COP(=O)([O-])OCC[N+](C)(C)C)C(/C=C/CCCCCCCCCCC)OC(=O)CCCCCCCCCCCCCCCCCCCCCCCCC. The number of nitrogens with zero attached hydrogens (tertiary/aromatic N) is 1. The molecule has 9 nitrogen and oxygen atoms in total. The third-order valence-corrected chi connectivity index (χ3v) is 18.5. The topological polar surface area (TPSA) is 114 Å². The summed E-state index contributed by atoms with van der Waals surface area (Å²) in [5, 5.41) is 3.05. The lowest BCUT2D eigenvalue weighted by Crippen LogP contribution is -2.47. The van der Waals surface area contributed by atoms with Crippen LogP contribution < -0.4 is 10.2 Å². The van der Waals surface area contributed by atoms with Crippen LogP contribution in [0.4, 0.5) is 0 Å². The fourth-order valence-electron chi connectivity index (χ4n) is 11.7. The number of likely N-dealkylation sites (N-methyl/N-ethyl adjacent to an activating group) is 1. The number of hydrogen-bond donors (Lipinski definition) is 1. The van der Waals surface area contributed by atoms with Gasteiger partial charge in [0, 0.05) is 12.8 Å². The summed E-state index contributed by atoms with van der Waals surface area (Å²) in [5.41, 5.74) is 0. The van der Waals surface area contributed by atoms with Gasteiger partial charge in [-0.25, -0.2) is 0 Å². The van der Waals surface area contributed by atoms with Gasteiger partial charge in [0.1, 0.15) is 19.3 Å². The maximum Gasteiger partial charge on any atom is 0.306 e. The average Bonchev–Trinajstić information content (AvgIpc) is 3.70. The van der Waals surface area contributed by atoms with Gasteiger partial charge >= 0.3 is 5.97 Å². The molecular formula is C77H149N2O7P. The smallest absolute Gasteiger partial charge is 0.306 e. The van der Waals surface area contributed by atoms with Crippen molar-refractivity contribution < 1.29 is 37.3 Å². The first-order chi connectivity index (χ1) is 42.4. The summed E-state index contributed by atoms with van der Waals surface area (Å²) >= 11 is 0. The van der Waals surface area contributed by atoms with Crippen molar-refractivity contribution in [1.29, 1.82) is 0 Å². The molecule has 0 bridgehead atoms. The molecular weight excluding hydrogens is 1100 g/mol. The molecule has 0 saturated carbocycles. The standard InChI is InChI=1S/C77H149N2O7P/c1-7-10-13-16-19-22-25-27-29-31-33-35-37-38-39-40-42-43-45-47-49-51-54-57-60-63-66-69-76(80)78-74(73-85-87(82,83)84-72-71-79(4,5)6)75(68-65-62-59-56-53-24-21-18-15-12-9-3)86-77(81)70-67-64-61-58-55-52-50-48-46-44-41-36-34-32-30-28-26-23-20-17-14-11-8-2/h19,22,27,29,65,68,74-75H,7-18,20-21,23-26,28,30-64,66-67,69-73H2,1-6H3,(H-,78,80,82,83)/b22-19-,29-27-,68-65+. The highest BCUT2D eigenvalue weighted by atomic mass is 31.2. The Balaban J connectivity index is 4.88. The summed E-state index contributed by atoms with van der Waals surface area (Å²) < 4.78 is 30.5. The van der Waals surface area contributed by atoms with E-state index in [1.807, 2.05) is 33.3 Å². The maximum absolute atomic E-state index is 13.6. The molecule has 0 rings (SSSR count). The van der Waals surface area contributed by atoms with E-state index >= 15 is 0 Å². The van der Waals surface area contributed by atoms with Crippen molar-refractivity contribution >= 4 is 19.7 Å². The molecule has 1 N–H and O–H groups in total. The van der Waals surface area contributed by atoms with Crippen molar-refractivity contribution in [2.75, 3.05) is 40.9 Å². The van der Waals surface area contributed by atoms with Crippen LogP contribution in [0, 0.1) is 0 Å². The molecule has 0 aliphatic carbocycles. The number of phosphoric ester groups is 1. The third kappa shape index (κ3) is 68.4. The van der Waals surface area contributed by atoms with E-state index in [1.54, 1.807) is 0 Å². The number of unbranched alkanes of at least 4 members (excludes halogenated alkanes) is 51. The van der Waals surface area contributed by atoms with E-state index in [2.05, 4.69) is 50.4 Å². The highest BCUT2D eigenvalue weighted by Gasteiger charge is 2.27. The lowest BCUT2D eigenvalue weighted by molar-refractivity contribution is -0.870. The number of carbonyl (C=O) groups is 2. The van der Waals surface area contributed by atoms with E-state index in [-0.39, 0.29) is 31.5 Å². The van der Waals surface area contributed by atoms with Crippen LogP contribution in [0.2, 0.25) is 0 Å². The molecule has 0 aromatic heterocycles. The number of phosphoric acid groups is 1. The zero-order chi connectivity index (χ0) is 63.5. The monoisotopic (exact) mass is 1250 g/mol. The molecule has 0 aliphatic rings. The van der Waals surface area contributed by atoms with Gasteiger partial charge in [-0.3, -0.25) is 14.2 Å². The van der Waals surface area contributed by atoms with Crippen molar-refractivity contribution in [3.63, 3.8) is 0 Å². The Bertz CT molecular complexity index is 1580. The second kappa shape index (κ2) is 67.1. The van der Waals surface area contributed by atoms with Crippen molar-refractivity contribution in [3.05, 3.63) is 36.5 Å². The molecule has 0 fully saturated rings. The minimum absolute atomic E-state index is 0.0186. The van der Waals surface area contributed by atoms with E-state index in [0.717, 1.165) is 64.2 Å². The number of amides is 1. The largest absolute Gasteiger partial charge is 0.756 e. The quantitative estimate of drug-likeness (QED) is 0.0212. The summed E-state index contributed by atoms with van der Waals surface area (Å²) in [4.78, 5) is 40.2. The molecule has 0 aliphatic heterocycles. The average molecular weight is 1250 g/mol. The fraction of sp³-hybridized carbons (Fsp3) is 0.896. The Kier molecular flexibility index (Phi) is 65.8. The molecule has 3 atom stereocenters. The molecule has 0 heterocycles. The second-order valence-electron chi connectivity index (χ2n) is 27.5. The van der Waals surface area contributed by atoms with Crippen LogP contribution in [-0.2, 0) is 27.9 Å². The van der Waals surface area contributed by atoms with E-state index in [0.29, 0.717) is 17.4 Å². The van der Waals surface area contributed by atoms with Gasteiger partial charge in [-0.05, 0) is 63.9 Å². The molecule has 0 saturated heterocycles. The predicted octanol–water partition coefficient (Wildman–Crippen LogP) is 23.9. The molecule has 1 amide bonds. The van der Waals surface area contributed by atoms with Gasteiger partial charge in [0.2, 0.25) is 5.91 Å². The van der Waals surface area contributed by atoms with Crippen molar-refractivity contribution in [2.45, 2.75) is 405 Å². The zero-order valence-electron chi connectivity index (χ0n) is 59.0. The Morgan fingerprint density at radius 2 is 0.701 bits per heavy atom. The second-order valence-corrected chi connectivity index (χ2v) is 28.9. The Labute approximate surface area is 542 Å². The number of nitrogens with one attached hydrogen (secondary N) is 1. The number of quaternary nitrogens is 1. The first-order valence-electron chi connectivity index (χ1n) is 38.3. The van der Waals surface area contributed by atoms with Crippen molar-refractivity contribution in [2.24, 2.45) is 0 Å². The molecule has 87 heavy (non-hydrogen) atoms. The minimum Gasteiger partial charge on any atom is -0.756 e. The van der Waals surface area contributed by atoms with E-state index in [1.165, 1.54) is 295 Å². The molecule has 0 aromatic rings. The Morgan fingerprint density at radius 3 is 1.06 bits per heavy atom. The van der Waals surface area contributed by atoms with E-state index in [9.17, 15) is 19.0 Å².